The molecule has 0 rings (SSSR count). The van der Waals surface area contributed by atoms with Gasteiger partial charge in [-0.15, -0.1) is 12.3 Å². The molecule has 0 spiro atoms. The largest absolute Gasteiger partial charge is 0.480 e. The number of hydrogen-bond donors (Lipinski definition) is 2. The van der Waals surface area contributed by atoms with Crippen molar-refractivity contribution in [3.8, 4) is 12.3 Å². The van der Waals surface area contributed by atoms with Crippen molar-refractivity contribution < 1.29 is 14.7 Å². The molecule has 1 amide bonds. The molecule has 0 aliphatic heterocycles. The second kappa shape index (κ2) is 6.88. The number of terminal acetylenes is 1. The molecule has 0 fully saturated rings. The summed E-state index contributed by atoms with van der Waals surface area (Å²) in [6, 6.07) is -0.810. The van der Waals surface area contributed by atoms with E-state index in [1.807, 2.05) is 13.8 Å². The zero-order chi connectivity index (χ0) is 11.8. The van der Waals surface area contributed by atoms with Crippen LogP contribution in [0.4, 0.5) is 0 Å². The molecule has 0 aliphatic rings. The van der Waals surface area contributed by atoms with Crippen LogP contribution in [0.15, 0.2) is 0 Å². The number of hydrogen-bond acceptors (Lipinski definition) is 2. The lowest BCUT2D eigenvalue weighted by atomic mass is 10.0. The van der Waals surface area contributed by atoms with Gasteiger partial charge in [0.25, 0.3) is 0 Å². The molecule has 0 aromatic rings. The molecule has 0 aromatic carbocycles. The van der Waals surface area contributed by atoms with Crippen molar-refractivity contribution in [1.29, 1.82) is 0 Å². The minimum absolute atomic E-state index is 0.179. The van der Waals surface area contributed by atoms with Gasteiger partial charge in [-0.25, -0.2) is 4.79 Å². The third kappa shape index (κ3) is 6.55. The van der Waals surface area contributed by atoms with Crippen molar-refractivity contribution in [2.45, 2.75) is 39.2 Å². The van der Waals surface area contributed by atoms with Crippen LogP contribution in [0.25, 0.3) is 0 Å². The van der Waals surface area contributed by atoms with Gasteiger partial charge in [0.15, 0.2) is 0 Å². The third-order valence-corrected chi connectivity index (χ3v) is 1.84. The van der Waals surface area contributed by atoms with Gasteiger partial charge in [-0.05, 0) is 12.3 Å². The average molecular weight is 211 g/mol. The van der Waals surface area contributed by atoms with Crippen LogP contribution in [0.2, 0.25) is 0 Å². The molecule has 0 aromatic heterocycles. The highest BCUT2D eigenvalue weighted by molar-refractivity contribution is 5.83. The summed E-state index contributed by atoms with van der Waals surface area (Å²) < 4.78 is 0. The summed E-state index contributed by atoms with van der Waals surface area (Å²) in [7, 11) is 0. The van der Waals surface area contributed by atoms with Crippen LogP contribution in [0.1, 0.15) is 33.1 Å². The molecule has 0 bridgehead atoms. The fourth-order valence-electron chi connectivity index (χ4n) is 1.15. The van der Waals surface area contributed by atoms with Gasteiger partial charge in [0, 0.05) is 12.8 Å². The zero-order valence-corrected chi connectivity index (χ0v) is 9.12. The van der Waals surface area contributed by atoms with Crippen molar-refractivity contribution in [2.75, 3.05) is 0 Å². The Kier molecular flexibility index (Phi) is 6.19. The summed E-state index contributed by atoms with van der Waals surface area (Å²) in [6.45, 7) is 3.81. The molecular formula is C11H17NO3. The van der Waals surface area contributed by atoms with Crippen LogP contribution >= 0.6 is 0 Å². The predicted molar refractivity (Wildman–Crippen MR) is 57.1 cm³/mol. The first-order valence-corrected chi connectivity index (χ1v) is 4.93. The predicted octanol–water partition coefficient (Wildman–Crippen LogP) is 1.02. The van der Waals surface area contributed by atoms with Crippen LogP contribution in [0.3, 0.4) is 0 Å². The minimum atomic E-state index is -1.00. The molecule has 0 saturated carbocycles. The van der Waals surface area contributed by atoms with Gasteiger partial charge in [0.05, 0.1) is 0 Å². The van der Waals surface area contributed by atoms with Gasteiger partial charge < -0.3 is 10.4 Å². The summed E-state index contributed by atoms with van der Waals surface area (Å²) >= 11 is 0. The summed E-state index contributed by atoms with van der Waals surface area (Å²) in [5.41, 5.74) is 0. The average Bonchev–Trinajstić information content (AvgIpc) is 2.12. The topological polar surface area (TPSA) is 66.4 Å². The smallest absolute Gasteiger partial charge is 0.326 e. The molecule has 0 radical (unpaired) electrons. The molecule has 2 N–H and O–H groups in total. The van der Waals surface area contributed by atoms with E-state index in [0.717, 1.165) is 0 Å². The molecular weight excluding hydrogens is 194 g/mol. The van der Waals surface area contributed by atoms with E-state index in [0.29, 0.717) is 12.8 Å². The highest BCUT2D eigenvalue weighted by Gasteiger charge is 2.20. The summed E-state index contributed by atoms with van der Waals surface area (Å²) in [6.07, 6.45) is 5.94. The van der Waals surface area contributed by atoms with Crippen LogP contribution in [0.5, 0.6) is 0 Å². The quantitative estimate of drug-likeness (QED) is 0.644. The lowest BCUT2D eigenvalue weighted by Crippen LogP contribution is -2.41. The maximum atomic E-state index is 11.2. The summed E-state index contributed by atoms with van der Waals surface area (Å²) in [5, 5.41) is 11.3. The van der Waals surface area contributed by atoms with Crippen molar-refractivity contribution in [3.05, 3.63) is 0 Å². The van der Waals surface area contributed by atoms with Crippen molar-refractivity contribution >= 4 is 11.9 Å². The summed E-state index contributed by atoms with van der Waals surface area (Å²) in [5.74, 6) is 1.25. The SMILES string of the molecule is C#CCCC(=O)N[C@@H](CC(C)C)C(=O)O. The van der Waals surface area contributed by atoms with E-state index in [1.165, 1.54) is 0 Å². The van der Waals surface area contributed by atoms with Crippen LogP contribution in [-0.2, 0) is 9.59 Å². The molecule has 0 heterocycles. The summed E-state index contributed by atoms with van der Waals surface area (Å²) in [4.78, 5) is 22.0. The first-order valence-electron chi connectivity index (χ1n) is 4.93. The van der Waals surface area contributed by atoms with Crippen LogP contribution in [0, 0.1) is 18.3 Å². The molecule has 15 heavy (non-hydrogen) atoms. The van der Waals surface area contributed by atoms with Gasteiger partial charge in [0.2, 0.25) is 5.91 Å². The number of rotatable bonds is 6. The van der Waals surface area contributed by atoms with Gasteiger partial charge in [-0.2, -0.15) is 0 Å². The van der Waals surface area contributed by atoms with E-state index in [-0.39, 0.29) is 18.2 Å². The van der Waals surface area contributed by atoms with Crippen LogP contribution < -0.4 is 5.32 Å². The van der Waals surface area contributed by atoms with Crippen molar-refractivity contribution in [2.24, 2.45) is 5.92 Å². The molecule has 0 aliphatic carbocycles. The monoisotopic (exact) mass is 211 g/mol. The Labute approximate surface area is 90.1 Å². The first kappa shape index (κ1) is 13.5. The number of carbonyl (C=O) groups excluding carboxylic acids is 1. The Morgan fingerprint density at radius 3 is 2.47 bits per heavy atom. The Hall–Kier alpha value is -1.50. The van der Waals surface area contributed by atoms with Gasteiger partial charge in [0.1, 0.15) is 6.04 Å². The highest BCUT2D eigenvalue weighted by Crippen LogP contribution is 2.05. The van der Waals surface area contributed by atoms with E-state index in [2.05, 4.69) is 11.2 Å². The lowest BCUT2D eigenvalue weighted by Gasteiger charge is -2.15. The number of amides is 1. The van der Waals surface area contributed by atoms with Gasteiger partial charge in [-0.1, -0.05) is 13.8 Å². The third-order valence-electron chi connectivity index (χ3n) is 1.84. The lowest BCUT2D eigenvalue weighted by molar-refractivity contribution is -0.142. The second-order valence-electron chi connectivity index (χ2n) is 3.79. The van der Waals surface area contributed by atoms with Crippen molar-refractivity contribution in [3.63, 3.8) is 0 Å². The fraction of sp³-hybridized carbons (Fsp3) is 0.636. The Bertz CT molecular complexity index is 265. The van der Waals surface area contributed by atoms with E-state index in [4.69, 9.17) is 11.5 Å². The number of carbonyl (C=O) groups is 2. The van der Waals surface area contributed by atoms with Gasteiger partial charge in [-0.3, -0.25) is 4.79 Å². The van der Waals surface area contributed by atoms with E-state index < -0.39 is 12.0 Å². The molecule has 84 valence electrons. The Balaban J connectivity index is 4.12. The fourth-order valence-corrected chi connectivity index (χ4v) is 1.15. The van der Waals surface area contributed by atoms with Gasteiger partial charge >= 0.3 is 5.97 Å². The maximum absolute atomic E-state index is 11.2. The molecule has 4 heteroatoms. The number of carboxylic acids is 1. The molecule has 4 nitrogen and oxygen atoms in total. The zero-order valence-electron chi connectivity index (χ0n) is 9.12. The standard InChI is InChI=1S/C11H17NO3/c1-4-5-6-10(13)12-9(11(14)15)7-8(2)3/h1,8-9H,5-7H2,2-3H3,(H,12,13)(H,14,15)/t9-/m0/s1. The minimum Gasteiger partial charge on any atom is -0.480 e. The Morgan fingerprint density at radius 1 is 1.47 bits per heavy atom. The number of carboxylic acid groups (broad SMARTS) is 1. The highest BCUT2D eigenvalue weighted by atomic mass is 16.4. The second-order valence-corrected chi connectivity index (χ2v) is 3.79. The Morgan fingerprint density at radius 2 is 2.07 bits per heavy atom. The van der Waals surface area contributed by atoms with E-state index >= 15 is 0 Å². The first-order chi connectivity index (χ1) is 6.97. The maximum Gasteiger partial charge on any atom is 0.326 e. The van der Waals surface area contributed by atoms with E-state index in [9.17, 15) is 9.59 Å². The number of nitrogens with one attached hydrogen (secondary N) is 1. The normalized spacial score (nSPS) is 11.9. The van der Waals surface area contributed by atoms with Crippen molar-refractivity contribution in [1.82, 2.24) is 5.32 Å². The van der Waals surface area contributed by atoms with Crippen LogP contribution in [-0.4, -0.2) is 23.0 Å². The van der Waals surface area contributed by atoms with E-state index in [1.54, 1.807) is 0 Å². The number of aliphatic carboxylic acids is 1. The molecule has 0 unspecified atom stereocenters. The molecule has 1 atom stereocenters. The molecule has 0 saturated heterocycles.